The molecule has 0 aromatic heterocycles. The fraction of sp³-hybridized carbons (Fsp3) is 0.529. The number of aryl methyl sites for hydroxylation is 2. The average Bonchev–Trinajstić information content (AvgIpc) is 3.71. The molecule has 2 aliphatic carbocycles. The van der Waals surface area contributed by atoms with Crippen LogP contribution < -0.4 is 11.5 Å². The van der Waals surface area contributed by atoms with Crippen molar-refractivity contribution in [3.05, 3.63) is 74.2 Å². The molecule has 0 spiro atoms. The molecule has 7 rings (SSSR count). The summed E-state index contributed by atoms with van der Waals surface area (Å²) in [7, 11) is -0.182. The van der Waals surface area contributed by atoms with Gasteiger partial charge in [0.2, 0.25) is 0 Å². The molecule has 226 valence electrons. The molecule has 0 bridgehead atoms. The maximum absolute atomic E-state index is 6.28. The predicted molar refractivity (Wildman–Crippen MR) is 176 cm³/mol. The molecule has 2 aromatic rings. The highest BCUT2D eigenvalue weighted by atomic mass is 79.9. The van der Waals surface area contributed by atoms with E-state index in [1.165, 1.54) is 64.5 Å². The van der Waals surface area contributed by atoms with E-state index >= 15 is 0 Å². The van der Waals surface area contributed by atoms with Crippen LogP contribution in [0.1, 0.15) is 81.2 Å². The molecule has 1 fully saturated rings. The molecule has 0 radical (unpaired) electrons. The van der Waals surface area contributed by atoms with Crippen molar-refractivity contribution in [2.75, 3.05) is 37.9 Å². The molecule has 0 saturated carbocycles. The lowest BCUT2D eigenvalue weighted by Crippen LogP contribution is -2.41. The summed E-state index contributed by atoms with van der Waals surface area (Å²) in [6, 6.07) is 8.66. The maximum Gasteiger partial charge on any atom is 0.490 e. The number of hydrogen-bond acceptors (Lipinski definition) is 6. The van der Waals surface area contributed by atoms with Gasteiger partial charge in [-0.3, -0.25) is 0 Å². The van der Waals surface area contributed by atoms with Crippen molar-refractivity contribution in [1.29, 1.82) is 0 Å². The Morgan fingerprint density at radius 2 is 1.26 bits per heavy atom. The molecule has 0 unspecified atom stereocenters. The zero-order valence-electron chi connectivity index (χ0n) is 25.7. The molecule has 0 atom stereocenters. The molecule has 3 heterocycles. The summed E-state index contributed by atoms with van der Waals surface area (Å²) < 4.78 is 23.6. The fourth-order valence-electron chi connectivity index (χ4n) is 6.16. The maximum atomic E-state index is 6.28. The topological polar surface area (TPSA) is 89.0 Å². The number of ether oxygens (including phenoxy) is 2. The van der Waals surface area contributed by atoms with Gasteiger partial charge in [0.05, 0.1) is 37.6 Å². The lowest BCUT2D eigenvalue weighted by molar-refractivity contribution is 0.00578. The molecule has 2 aromatic carbocycles. The second-order valence-corrected chi connectivity index (χ2v) is 13.6. The molecule has 6 nitrogen and oxygen atoms in total. The van der Waals surface area contributed by atoms with Crippen molar-refractivity contribution in [3.8, 4) is 0 Å². The van der Waals surface area contributed by atoms with Gasteiger partial charge in [0, 0.05) is 21.4 Å². The van der Waals surface area contributed by atoms with E-state index in [2.05, 4.69) is 74.0 Å². The second kappa shape index (κ2) is 13.3. The minimum absolute atomic E-state index is 0.182. The van der Waals surface area contributed by atoms with Crippen LogP contribution in [0.2, 0.25) is 0 Å². The predicted octanol–water partition coefficient (Wildman–Crippen LogP) is 7.05. The number of hydrogen-bond donors (Lipinski definition) is 2. The van der Waals surface area contributed by atoms with Gasteiger partial charge in [0.1, 0.15) is 0 Å². The van der Waals surface area contributed by atoms with Crippen LogP contribution in [0.5, 0.6) is 0 Å². The van der Waals surface area contributed by atoms with Crippen LogP contribution in [-0.4, -0.2) is 44.7 Å². The van der Waals surface area contributed by atoms with E-state index in [4.69, 9.17) is 30.2 Å². The lowest BCUT2D eigenvalue weighted by atomic mass is 9.75. The van der Waals surface area contributed by atoms with Gasteiger partial charge in [-0.05, 0) is 134 Å². The third-order valence-corrected chi connectivity index (χ3v) is 10.2. The van der Waals surface area contributed by atoms with Gasteiger partial charge < -0.3 is 30.2 Å². The summed E-state index contributed by atoms with van der Waals surface area (Å²) in [5.74, 6) is 0. The van der Waals surface area contributed by atoms with Crippen LogP contribution in [0.25, 0.3) is 5.57 Å². The van der Waals surface area contributed by atoms with Crippen LogP contribution in [0.3, 0.4) is 0 Å². The van der Waals surface area contributed by atoms with Crippen molar-refractivity contribution in [1.82, 2.24) is 0 Å². The molecule has 42 heavy (non-hydrogen) atoms. The van der Waals surface area contributed by atoms with Crippen LogP contribution in [-0.2, 0) is 44.5 Å². The zero-order chi connectivity index (χ0) is 29.9. The van der Waals surface area contributed by atoms with E-state index in [9.17, 15) is 0 Å². The molecule has 4 N–H and O–H groups in total. The lowest BCUT2D eigenvalue weighted by Gasteiger charge is -2.32. The number of benzene rings is 2. The number of nitrogen functional groups attached to an aromatic ring is 2. The van der Waals surface area contributed by atoms with E-state index in [1.54, 1.807) is 0 Å². The first kappa shape index (κ1) is 31.3. The molecule has 8 heteroatoms. The van der Waals surface area contributed by atoms with Crippen molar-refractivity contribution >= 4 is 40.0 Å². The second-order valence-electron chi connectivity index (χ2n) is 12.7. The highest BCUT2D eigenvalue weighted by Gasteiger charge is 2.52. The van der Waals surface area contributed by atoms with E-state index in [1.807, 2.05) is 6.07 Å². The first-order valence-electron chi connectivity index (χ1n) is 15.4. The van der Waals surface area contributed by atoms with Gasteiger partial charge in [-0.2, -0.15) is 0 Å². The molecule has 1 saturated heterocycles. The SMILES string of the molecule is CC1(C)OB(C2=CCOCC2)OC1(C)C.Nc1c(Br)ccc2c1CCC2.Nc1c(C2=CCOCC2)ccc2c1CCC2. The Kier molecular flexibility index (Phi) is 9.90. The highest BCUT2D eigenvalue weighted by molar-refractivity contribution is 9.10. The standard InChI is InChI=1S/C14H17NO.C11H19BO3.C9H10BrN/c15-14-12-3-1-2-10(12)4-5-13(14)11-6-8-16-9-7-11;1-10(2)11(3,4)15-12(14-10)9-5-7-13-8-6-9;10-8-5-4-6-2-1-3-7(6)9(8)11/h4-6H,1-3,7-9,15H2;5H,6-8H2,1-4H3;4-5H,1-3,11H2. The Balaban J connectivity index is 0.000000128. The Bertz CT molecular complexity index is 1340. The van der Waals surface area contributed by atoms with E-state index in [0.29, 0.717) is 6.61 Å². The summed E-state index contributed by atoms with van der Waals surface area (Å²) in [6.07, 6.45) is 13.4. The summed E-state index contributed by atoms with van der Waals surface area (Å²) in [5, 5.41) is 0. The van der Waals surface area contributed by atoms with Crippen LogP contribution >= 0.6 is 15.9 Å². The third kappa shape index (κ3) is 6.84. The van der Waals surface area contributed by atoms with E-state index in [0.717, 1.165) is 61.4 Å². The third-order valence-electron chi connectivity index (χ3n) is 9.46. The number of fused-ring (bicyclic) bond motifs is 2. The normalized spacial score (nSPS) is 21.7. The number of rotatable bonds is 2. The molecule has 0 amide bonds. The van der Waals surface area contributed by atoms with Gasteiger partial charge >= 0.3 is 7.12 Å². The summed E-state index contributed by atoms with van der Waals surface area (Å²) in [4.78, 5) is 0. The van der Waals surface area contributed by atoms with Crippen LogP contribution in [0.4, 0.5) is 11.4 Å². The van der Waals surface area contributed by atoms with Crippen molar-refractivity contribution < 1.29 is 18.8 Å². The molecule has 3 aliphatic heterocycles. The Morgan fingerprint density at radius 3 is 1.83 bits per heavy atom. The van der Waals surface area contributed by atoms with Crippen molar-refractivity contribution in [2.24, 2.45) is 0 Å². The first-order valence-corrected chi connectivity index (χ1v) is 16.2. The average molecular weight is 637 g/mol. The van der Waals surface area contributed by atoms with Crippen molar-refractivity contribution in [3.63, 3.8) is 0 Å². The first-order chi connectivity index (χ1) is 20.1. The minimum Gasteiger partial charge on any atom is -0.400 e. The smallest absolute Gasteiger partial charge is 0.400 e. The summed E-state index contributed by atoms with van der Waals surface area (Å²) in [5.41, 5.74) is 23.1. The molecular formula is C34H46BBrN2O4. The number of halogens is 1. The van der Waals surface area contributed by atoms with E-state index in [-0.39, 0.29) is 18.3 Å². The highest BCUT2D eigenvalue weighted by Crippen LogP contribution is 2.39. The van der Waals surface area contributed by atoms with Gasteiger partial charge in [-0.1, -0.05) is 30.4 Å². The van der Waals surface area contributed by atoms with Crippen molar-refractivity contribution in [2.45, 2.75) is 90.3 Å². The van der Waals surface area contributed by atoms with Gasteiger partial charge in [-0.15, -0.1) is 0 Å². The minimum atomic E-state index is -0.239. The van der Waals surface area contributed by atoms with E-state index < -0.39 is 0 Å². The largest absolute Gasteiger partial charge is 0.490 e. The fourth-order valence-corrected chi connectivity index (χ4v) is 6.53. The number of anilines is 2. The Morgan fingerprint density at radius 1 is 0.690 bits per heavy atom. The zero-order valence-corrected chi connectivity index (χ0v) is 27.3. The Labute approximate surface area is 260 Å². The monoisotopic (exact) mass is 636 g/mol. The van der Waals surface area contributed by atoms with Gasteiger partial charge in [0.15, 0.2) is 0 Å². The molecule has 5 aliphatic rings. The quantitative estimate of drug-likeness (QED) is 0.271. The Hall–Kier alpha value is -2.10. The molecular weight excluding hydrogens is 591 g/mol. The summed E-state index contributed by atoms with van der Waals surface area (Å²) >= 11 is 3.42. The van der Waals surface area contributed by atoms with Gasteiger partial charge in [0.25, 0.3) is 0 Å². The van der Waals surface area contributed by atoms with Gasteiger partial charge in [-0.25, -0.2) is 0 Å². The van der Waals surface area contributed by atoms with Crippen LogP contribution in [0.15, 0.2) is 46.4 Å². The summed E-state index contributed by atoms with van der Waals surface area (Å²) in [6.45, 7) is 11.3. The number of nitrogens with two attached hydrogens (primary N) is 2. The van der Waals surface area contributed by atoms with Crippen LogP contribution in [0, 0.1) is 0 Å².